The van der Waals surface area contributed by atoms with Crippen molar-refractivity contribution in [3.8, 4) is 5.88 Å². The van der Waals surface area contributed by atoms with Gasteiger partial charge in [-0.3, -0.25) is 4.79 Å². The number of aryl methyl sites for hydroxylation is 1. The molecule has 148 valence electrons. The van der Waals surface area contributed by atoms with E-state index >= 15 is 0 Å². The Hall–Kier alpha value is -1.77. The summed E-state index contributed by atoms with van der Waals surface area (Å²) >= 11 is 1.43. The molecule has 0 atom stereocenters. The largest absolute Gasteiger partial charge is 0.480 e. The number of nitrogens with one attached hydrogen (secondary N) is 1. The normalized spacial score (nSPS) is 15.3. The maximum absolute atomic E-state index is 13.4. The summed E-state index contributed by atoms with van der Waals surface area (Å²) in [6, 6.07) is 0.292. The molecule has 0 saturated carbocycles. The van der Waals surface area contributed by atoms with Crippen molar-refractivity contribution in [2.24, 2.45) is 0 Å². The van der Waals surface area contributed by atoms with Gasteiger partial charge in [-0.15, -0.1) is 11.3 Å². The maximum atomic E-state index is 13.4. The van der Waals surface area contributed by atoms with Crippen LogP contribution < -0.4 is 10.1 Å². The minimum Gasteiger partial charge on any atom is -0.480 e. The standard InChI is InChI=1S/C19H28N4O3S/c1-5-10-23(13-6-8-20-9-7-13)19(24)16-12(2)15-17(26-4)21-14(11-25-3)22-18(15)27-16/h13,20H,5-11H2,1-4H3. The Balaban J connectivity index is 2.01. The lowest BCUT2D eigenvalue weighted by molar-refractivity contribution is 0.0647. The fraction of sp³-hybridized carbons (Fsp3) is 0.632. The molecule has 0 bridgehead atoms. The van der Waals surface area contributed by atoms with E-state index in [2.05, 4.69) is 27.1 Å². The van der Waals surface area contributed by atoms with Crippen molar-refractivity contribution in [3.05, 3.63) is 16.3 Å². The van der Waals surface area contributed by atoms with Crippen LogP contribution in [-0.4, -0.2) is 60.7 Å². The number of carbonyl (C=O) groups is 1. The molecule has 2 aromatic rings. The van der Waals surface area contributed by atoms with Crippen LogP contribution in [0, 0.1) is 6.92 Å². The van der Waals surface area contributed by atoms with Gasteiger partial charge >= 0.3 is 0 Å². The fourth-order valence-electron chi connectivity index (χ4n) is 3.63. The molecule has 7 nitrogen and oxygen atoms in total. The summed E-state index contributed by atoms with van der Waals surface area (Å²) in [4.78, 5) is 26.0. The van der Waals surface area contributed by atoms with Crippen LogP contribution in [0.25, 0.3) is 10.2 Å². The van der Waals surface area contributed by atoms with Crippen molar-refractivity contribution in [1.82, 2.24) is 20.2 Å². The predicted octanol–water partition coefficient (Wildman–Crippen LogP) is 2.76. The highest BCUT2D eigenvalue weighted by molar-refractivity contribution is 7.20. The molecule has 0 spiro atoms. The molecule has 1 amide bonds. The molecule has 1 fully saturated rings. The number of ether oxygens (including phenoxy) is 2. The van der Waals surface area contributed by atoms with Gasteiger partial charge in [0, 0.05) is 19.7 Å². The molecule has 0 radical (unpaired) electrons. The number of hydrogen-bond acceptors (Lipinski definition) is 7. The highest BCUT2D eigenvalue weighted by Gasteiger charge is 2.29. The lowest BCUT2D eigenvalue weighted by Crippen LogP contribution is -2.46. The number of rotatable bonds is 7. The Kier molecular flexibility index (Phi) is 6.62. The van der Waals surface area contributed by atoms with E-state index in [9.17, 15) is 4.79 Å². The van der Waals surface area contributed by atoms with Crippen LogP contribution >= 0.6 is 11.3 Å². The molecule has 2 aromatic heterocycles. The first-order chi connectivity index (χ1) is 13.1. The minimum atomic E-state index is 0.0968. The second kappa shape index (κ2) is 8.95. The van der Waals surface area contributed by atoms with Crippen molar-refractivity contribution in [2.45, 2.75) is 45.8 Å². The zero-order valence-corrected chi connectivity index (χ0v) is 17.3. The van der Waals surface area contributed by atoms with Crippen LogP contribution in [0.1, 0.15) is 47.2 Å². The van der Waals surface area contributed by atoms with Gasteiger partial charge in [0.1, 0.15) is 11.4 Å². The van der Waals surface area contributed by atoms with Crippen LogP contribution in [0.15, 0.2) is 0 Å². The Morgan fingerprint density at radius 3 is 2.67 bits per heavy atom. The average Bonchev–Trinajstić information content (AvgIpc) is 3.02. The van der Waals surface area contributed by atoms with E-state index in [1.54, 1.807) is 14.2 Å². The molecule has 0 unspecified atom stereocenters. The van der Waals surface area contributed by atoms with Gasteiger partial charge in [0.25, 0.3) is 5.91 Å². The molecule has 3 rings (SSSR count). The number of thiophene rings is 1. The summed E-state index contributed by atoms with van der Waals surface area (Å²) in [5.74, 6) is 1.16. The number of carbonyl (C=O) groups excluding carboxylic acids is 1. The molecule has 3 heterocycles. The van der Waals surface area contributed by atoms with Crippen molar-refractivity contribution >= 4 is 27.5 Å². The summed E-state index contributed by atoms with van der Waals surface area (Å²) in [7, 11) is 3.20. The number of nitrogens with zero attached hydrogens (tertiary/aromatic N) is 3. The SMILES string of the molecule is CCCN(C(=O)c1sc2nc(COC)nc(OC)c2c1C)C1CCNCC1. The molecule has 27 heavy (non-hydrogen) atoms. The van der Waals surface area contributed by atoms with Gasteiger partial charge in [0.05, 0.1) is 17.4 Å². The number of fused-ring (bicyclic) bond motifs is 1. The zero-order chi connectivity index (χ0) is 19.4. The van der Waals surface area contributed by atoms with E-state index in [1.807, 2.05) is 6.92 Å². The van der Waals surface area contributed by atoms with Gasteiger partial charge < -0.3 is 19.7 Å². The molecule has 0 aliphatic carbocycles. The first-order valence-corrected chi connectivity index (χ1v) is 10.3. The monoisotopic (exact) mass is 392 g/mol. The maximum Gasteiger partial charge on any atom is 0.264 e. The molecular weight excluding hydrogens is 364 g/mol. The third-order valence-corrected chi connectivity index (χ3v) is 6.11. The van der Waals surface area contributed by atoms with Crippen molar-refractivity contribution < 1.29 is 14.3 Å². The van der Waals surface area contributed by atoms with Gasteiger partial charge in [-0.2, -0.15) is 4.98 Å². The third-order valence-electron chi connectivity index (χ3n) is 4.94. The van der Waals surface area contributed by atoms with Gasteiger partial charge in [-0.25, -0.2) is 4.98 Å². The van der Waals surface area contributed by atoms with Gasteiger partial charge in [-0.1, -0.05) is 6.92 Å². The van der Waals surface area contributed by atoms with Crippen molar-refractivity contribution in [2.75, 3.05) is 33.9 Å². The van der Waals surface area contributed by atoms with Crippen molar-refractivity contribution in [3.63, 3.8) is 0 Å². The number of aromatic nitrogens is 2. The summed E-state index contributed by atoms with van der Waals surface area (Å²) in [6.45, 7) is 7.08. The van der Waals surface area contributed by atoms with Crippen LogP contribution in [0.4, 0.5) is 0 Å². The van der Waals surface area contributed by atoms with E-state index in [1.165, 1.54) is 11.3 Å². The molecule has 1 saturated heterocycles. The van der Waals surface area contributed by atoms with Gasteiger partial charge in [0.15, 0.2) is 5.82 Å². The van der Waals surface area contributed by atoms with E-state index in [0.717, 1.165) is 59.6 Å². The van der Waals surface area contributed by atoms with Crippen LogP contribution in [0.3, 0.4) is 0 Å². The Morgan fingerprint density at radius 1 is 1.30 bits per heavy atom. The highest BCUT2D eigenvalue weighted by atomic mass is 32.1. The summed E-state index contributed by atoms with van der Waals surface area (Å²) in [6.07, 6.45) is 2.94. The Morgan fingerprint density at radius 2 is 2.04 bits per heavy atom. The fourth-order valence-corrected chi connectivity index (χ4v) is 4.78. The number of piperidine rings is 1. The minimum absolute atomic E-state index is 0.0968. The molecule has 1 N–H and O–H groups in total. The van der Waals surface area contributed by atoms with E-state index in [0.29, 0.717) is 24.4 Å². The lowest BCUT2D eigenvalue weighted by Gasteiger charge is -2.34. The Bertz CT molecular complexity index is 802. The molecule has 0 aromatic carbocycles. The number of hydrogen-bond donors (Lipinski definition) is 1. The summed E-state index contributed by atoms with van der Waals surface area (Å²) in [5, 5.41) is 4.20. The van der Waals surface area contributed by atoms with Gasteiger partial charge in [0.2, 0.25) is 5.88 Å². The number of methoxy groups -OCH3 is 2. The first-order valence-electron chi connectivity index (χ1n) is 9.45. The molecule has 8 heteroatoms. The first kappa shape index (κ1) is 20.0. The van der Waals surface area contributed by atoms with Crippen LogP contribution in [0.2, 0.25) is 0 Å². The zero-order valence-electron chi connectivity index (χ0n) is 16.5. The van der Waals surface area contributed by atoms with Crippen LogP contribution in [0.5, 0.6) is 5.88 Å². The van der Waals surface area contributed by atoms with Gasteiger partial charge in [-0.05, 0) is 44.8 Å². The second-order valence-corrected chi connectivity index (χ2v) is 7.80. The quantitative estimate of drug-likeness (QED) is 0.781. The average molecular weight is 393 g/mol. The van der Waals surface area contributed by atoms with Crippen molar-refractivity contribution in [1.29, 1.82) is 0 Å². The van der Waals surface area contributed by atoms with Crippen LogP contribution in [-0.2, 0) is 11.3 Å². The molecule has 1 aliphatic heterocycles. The third kappa shape index (κ3) is 4.07. The Labute approximate surface area is 164 Å². The predicted molar refractivity (Wildman–Crippen MR) is 107 cm³/mol. The summed E-state index contributed by atoms with van der Waals surface area (Å²) in [5.41, 5.74) is 0.899. The summed E-state index contributed by atoms with van der Waals surface area (Å²) < 4.78 is 10.6. The van der Waals surface area contributed by atoms with E-state index < -0.39 is 0 Å². The lowest BCUT2D eigenvalue weighted by atomic mass is 10.0. The number of amides is 1. The topological polar surface area (TPSA) is 76.6 Å². The molecular formula is C19H28N4O3S. The second-order valence-electron chi connectivity index (χ2n) is 6.80. The molecule has 1 aliphatic rings. The highest BCUT2D eigenvalue weighted by Crippen LogP contribution is 2.36. The van der Waals surface area contributed by atoms with E-state index in [-0.39, 0.29) is 5.91 Å². The smallest absolute Gasteiger partial charge is 0.264 e. The van der Waals surface area contributed by atoms with E-state index in [4.69, 9.17) is 9.47 Å².